The molecule has 0 saturated carbocycles. The second-order valence-electron chi connectivity index (χ2n) is 5.63. The first-order chi connectivity index (χ1) is 11.8. The molecule has 2 aromatic rings. The molecule has 0 saturated heterocycles. The van der Waals surface area contributed by atoms with Crippen LogP contribution in [0.2, 0.25) is 0 Å². The molecule has 1 N–H and O–H groups in total. The number of carboxylic acid groups (broad SMARTS) is 1. The van der Waals surface area contributed by atoms with Gasteiger partial charge in [0.25, 0.3) is 10.0 Å². The number of carbonyl (C=O) groups is 1. The van der Waals surface area contributed by atoms with E-state index in [1.54, 1.807) is 18.2 Å². The molecule has 1 aliphatic rings. The Bertz CT molecular complexity index is 907. The highest BCUT2D eigenvalue weighted by Crippen LogP contribution is 2.37. The highest BCUT2D eigenvalue weighted by atomic mass is 32.2. The van der Waals surface area contributed by atoms with Crippen LogP contribution in [0.25, 0.3) is 0 Å². The molecule has 1 aliphatic heterocycles. The fourth-order valence-electron chi connectivity index (χ4n) is 2.59. The maximum absolute atomic E-state index is 13.0. The zero-order valence-corrected chi connectivity index (χ0v) is 14.5. The van der Waals surface area contributed by atoms with E-state index < -0.39 is 22.1 Å². The number of rotatable bonds is 4. The third kappa shape index (κ3) is 3.12. The molecule has 7 nitrogen and oxygen atoms in total. The summed E-state index contributed by atoms with van der Waals surface area (Å²) in [5.74, 6) is -0.460. The largest absolute Gasteiger partial charge is 0.497 e. The van der Waals surface area contributed by atoms with Gasteiger partial charge in [0.05, 0.1) is 24.2 Å². The van der Waals surface area contributed by atoms with Gasteiger partial charge in [0.1, 0.15) is 11.5 Å². The van der Waals surface area contributed by atoms with Gasteiger partial charge in [-0.1, -0.05) is 6.07 Å². The Morgan fingerprint density at radius 3 is 2.52 bits per heavy atom. The first-order valence-electron chi connectivity index (χ1n) is 7.50. The van der Waals surface area contributed by atoms with Gasteiger partial charge in [-0.2, -0.15) is 0 Å². The number of benzene rings is 2. The van der Waals surface area contributed by atoms with Crippen LogP contribution in [0, 0.1) is 6.92 Å². The van der Waals surface area contributed by atoms with Crippen molar-refractivity contribution in [2.75, 3.05) is 18.0 Å². The topological polar surface area (TPSA) is 93.1 Å². The lowest BCUT2D eigenvalue weighted by Crippen LogP contribution is -2.47. The Hall–Kier alpha value is -2.74. The highest BCUT2D eigenvalue weighted by Gasteiger charge is 2.37. The number of nitrogens with zero attached hydrogens (tertiary/aromatic N) is 1. The second kappa shape index (κ2) is 6.29. The number of fused-ring (bicyclic) bond motifs is 1. The van der Waals surface area contributed by atoms with E-state index in [0.29, 0.717) is 11.4 Å². The fourth-order valence-corrected chi connectivity index (χ4v) is 4.07. The summed E-state index contributed by atoms with van der Waals surface area (Å²) in [4.78, 5) is 11.4. The van der Waals surface area contributed by atoms with Gasteiger partial charge < -0.3 is 14.6 Å². The molecule has 0 bridgehead atoms. The quantitative estimate of drug-likeness (QED) is 0.894. The molecule has 0 fully saturated rings. The van der Waals surface area contributed by atoms with Crippen LogP contribution >= 0.6 is 0 Å². The first kappa shape index (κ1) is 17.1. The van der Waals surface area contributed by atoms with E-state index in [0.717, 1.165) is 9.87 Å². The number of sulfonamides is 1. The molecule has 2 aromatic carbocycles. The van der Waals surface area contributed by atoms with Gasteiger partial charge in [-0.05, 0) is 48.9 Å². The molecule has 1 unspecified atom stereocenters. The number of methoxy groups -OCH3 is 1. The van der Waals surface area contributed by atoms with Crippen LogP contribution in [-0.2, 0) is 14.8 Å². The summed E-state index contributed by atoms with van der Waals surface area (Å²) in [6.45, 7) is 1.51. The molecule has 8 heteroatoms. The van der Waals surface area contributed by atoms with Crippen molar-refractivity contribution >= 4 is 21.7 Å². The van der Waals surface area contributed by atoms with Gasteiger partial charge >= 0.3 is 5.97 Å². The molecule has 3 rings (SSSR count). The first-order valence-corrected chi connectivity index (χ1v) is 8.94. The third-order valence-corrected chi connectivity index (χ3v) is 5.70. The Labute approximate surface area is 145 Å². The molecule has 0 aliphatic carbocycles. The van der Waals surface area contributed by atoms with Crippen molar-refractivity contribution in [1.82, 2.24) is 0 Å². The lowest BCUT2D eigenvalue weighted by Gasteiger charge is -2.34. The summed E-state index contributed by atoms with van der Waals surface area (Å²) in [7, 11) is -2.46. The summed E-state index contributed by atoms with van der Waals surface area (Å²) in [5.41, 5.74) is 1.16. The van der Waals surface area contributed by atoms with Gasteiger partial charge in [0.15, 0.2) is 0 Å². The van der Waals surface area contributed by atoms with Gasteiger partial charge in [0.2, 0.25) is 6.10 Å². The molecule has 1 atom stereocenters. The number of aryl methyl sites for hydroxylation is 1. The number of carboxylic acids is 1. The molecule has 132 valence electrons. The monoisotopic (exact) mass is 363 g/mol. The van der Waals surface area contributed by atoms with E-state index in [2.05, 4.69) is 0 Å². The Balaban J connectivity index is 2.08. The minimum absolute atomic E-state index is 0.0471. The molecule has 0 aromatic heterocycles. The zero-order chi connectivity index (χ0) is 18.2. The van der Waals surface area contributed by atoms with E-state index in [-0.39, 0.29) is 17.2 Å². The lowest BCUT2D eigenvalue weighted by molar-refractivity contribution is -0.144. The number of hydrogen-bond donors (Lipinski definition) is 1. The number of anilines is 1. The van der Waals surface area contributed by atoms with Crippen molar-refractivity contribution in [2.45, 2.75) is 17.9 Å². The molecule has 1 heterocycles. The molecule has 25 heavy (non-hydrogen) atoms. The summed E-state index contributed by atoms with van der Waals surface area (Å²) >= 11 is 0. The van der Waals surface area contributed by atoms with Gasteiger partial charge in [0, 0.05) is 0 Å². The van der Waals surface area contributed by atoms with E-state index >= 15 is 0 Å². The Morgan fingerprint density at radius 1 is 1.24 bits per heavy atom. The summed E-state index contributed by atoms with van der Waals surface area (Å²) < 4.78 is 37.6. The van der Waals surface area contributed by atoms with Gasteiger partial charge in [-0.3, -0.25) is 4.31 Å². The van der Waals surface area contributed by atoms with Crippen molar-refractivity contribution in [1.29, 1.82) is 0 Å². The predicted molar refractivity (Wildman–Crippen MR) is 90.8 cm³/mol. The van der Waals surface area contributed by atoms with Crippen LogP contribution in [-0.4, -0.2) is 39.3 Å². The molecular formula is C17H17NO6S. The van der Waals surface area contributed by atoms with Crippen molar-refractivity contribution < 1.29 is 27.8 Å². The van der Waals surface area contributed by atoms with Crippen LogP contribution < -0.4 is 13.8 Å². The number of ether oxygens (including phenoxy) is 2. The van der Waals surface area contributed by atoms with Crippen molar-refractivity contribution in [2.24, 2.45) is 0 Å². The molecule has 0 amide bonds. The van der Waals surface area contributed by atoms with E-state index in [1.165, 1.54) is 31.4 Å². The Kier molecular flexibility index (Phi) is 4.30. The van der Waals surface area contributed by atoms with Crippen molar-refractivity contribution in [3.05, 3.63) is 48.0 Å². The van der Waals surface area contributed by atoms with Gasteiger partial charge in [-0.15, -0.1) is 0 Å². The van der Waals surface area contributed by atoms with Crippen LogP contribution in [0.3, 0.4) is 0 Å². The van der Waals surface area contributed by atoms with Crippen LogP contribution in [0.15, 0.2) is 47.4 Å². The third-order valence-electron chi connectivity index (χ3n) is 3.91. The van der Waals surface area contributed by atoms with Gasteiger partial charge in [-0.25, -0.2) is 13.2 Å². The normalized spacial score (nSPS) is 16.7. The smallest absolute Gasteiger partial charge is 0.346 e. The van der Waals surface area contributed by atoms with Crippen molar-refractivity contribution in [3.8, 4) is 11.5 Å². The summed E-state index contributed by atoms with van der Waals surface area (Å²) in [5, 5.41) is 9.29. The fraction of sp³-hybridized carbons (Fsp3) is 0.235. The molecule has 0 spiro atoms. The maximum atomic E-state index is 13.0. The maximum Gasteiger partial charge on any atom is 0.346 e. The standard InChI is InChI=1S/C17H17NO6S/c1-11-3-8-14-15(9-11)24-16(17(19)20)10-18(14)25(21,22)13-6-4-12(23-2)5-7-13/h3-9,16H,10H2,1-2H3,(H,19,20). The SMILES string of the molecule is COc1ccc(S(=O)(=O)N2CC(C(=O)O)Oc3cc(C)ccc32)cc1. The van der Waals surface area contributed by atoms with Crippen LogP contribution in [0.5, 0.6) is 11.5 Å². The predicted octanol–water partition coefficient (Wildman–Crippen LogP) is 2.04. The minimum atomic E-state index is -3.95. The second-order valence-corrected chi connectivity index (χ2v) is 7.49. The van der Waals surface area contributed by atoms with Crippen molar-refractivity contribution in [3.63, 3.8) is 0 Å². The minimum Gasteiger partial charge on any atom is -0.497 e. The lowest BCUT2D eigenvalue weighted by atomic mass is 10.1. The molecular weight excluding hydrogens is 346 g/mol. The Morgan fingerprint density at radius 2 is 1.92 bits per heavy atom. The van der Waals surface area contributed by atoms with E-state index in [9.17, 15) is 18.3 Å². The summed E-state index contributed by atoms with van der Waals surface area (Å²) in [6, 6.07) is 10.9. The number of aliphatic carboxylic acids is 1. The van der Waals surface area contributed by atoms with E-state index in [1.807, 2.05) is 6.92 Å². The van der Waals surface area contributed by atoms with Crippen LogP contribution in [0.1, 0.15) is 5.56 Å². The molecule has 0 radical (unpaired) electrons. The van der Waals surface area contributed by atoms with E-state index in [4.69, 9.17) is 9.47 Å². The zero-order valence-electron chi connectivity index (χ0n) is 13.7. The van der Waals surface area contributed by atoms with Crippen LogP contribution in [0.4, 0.5) is 5.69 Å². The summed E-state index contributed by atoms with van der Waals surface area (Å²) in [6.07, 6.45) is -1.28. The average molecular weight is 363 g/mol. The number of hydrogen-bond acceptors (Lipinski definition) is 5. The average Bonchev–Trinajstić information content (AvgIpc) is 2.60. The highest BCUT2D eigenvalue weighted by molar-refractivity contribution is 7.92.